The predicted molar refractivity (Wildman–Crippen MR) is 125 cm³/mol. The first-order chi connectivity index (χ1) is 14.1. The van der Waals surface area contributed by atoms with E-state index < -0.39 is 0 Å². The van der Waals surface area contributed by atoms with Crippen LogP contribution in [0.25, 0.3) is 0 Å². The molecule has 3 unspecified atom stereocenters. The number of fused-ring (bicyclic) bond motifs is 1. The summed E-state index contributed by atoms with van der Waals surface area (Å²) in [4.78, 5) is 10.3. The molecular formula is C27H36O3. The molecule has 1 N–H and O–H groups in total. The summed E-state index contributed by atoms with van der Waals surface area (Å²) in [7, 11) is 0. The molecule has 30 heavy (non-hydrogen) atoms. The zero-order valence-corrected chi connectivity index (χ0v) is 19.2. The number of hydrogen-bond donors (Lipinski definition) is 1. The van der Waals surface area contributed by atoms with Crippen molar-refractivity contribution in [2.75, 3.05) is 0 Å². The van der Waals surface area contributed by atoms with Gasteiger partial charge in [-0.05, 0) is 46.3 Å². The number of aldehydes is 1. The van der Waals surface area contributed by atoms with Crippen LogP contribution in [0.2, 0.25) is 0 Å². The molecule has 0 spiro atoms. The summed E-state index contributed by atoms with van der Waals surface area (Å²) < 4.78 is 6.19. The number of carbonyl (C=O) groups excluding carboxylic acids is 1. The van der Waals surface area contributed by atoms with Crippen molar-refractivity contribution in [3.63, 3.8) is 0 Å². The highest BCUT2D eigenvalue weighted by atomic mass is 16.6. The maximum atomic E-state index is 10.3. The molecule has 3 nitrogen and oxygen atoms in total. The smallest absolute Gasteiger partial charge is 0.142 e. The van der Waals surface area contributed by atoms with Gasteiger partial charge in [0.05, 0.1) is 6.10 Å². The van der Waals surface area contributed by atoms with Gasteiger partial charge in [-0.3, -0.25) is 4.79 Å². The van der Waals surface area contributed by atoms with Crippen molar-refractivity contribution < 1.29 is 14.6 Å². The fraction of sp³-hybridized carbons (Fsp3) is 0.444. The second-order valence-electron chi connectivity index (χ2n) is 9.32. The number of epoxide rings is 1. The van der Waals surface area contributed by atoms with Crippen molar-refractivity contribution in [1.29, 1.82) is 0 Å². The quantitative estimate of drug-likeness (QED) is 0.233. The Kier molecular flexibility index (Phi) is 7.79. The maximum absolute atomic E-state index is 10.3. The van der Waals surface area contributed by atoms with Gasteiger partial charge in [0.25, 0.3) is 0 Å². The second kappa shape index (κ2) is 9.72. The second-order valence-corrected chi connectivity index (χ2v) is 9.32. The molecule has 1 heterocycles. The van der Waals surface area contributed by atoms with E-state index in [4.69, 9.17) is 4.74 Å². The molecule has 1 saturated carbocycles. The maximum Gasteiger partial charge on any atom is 0.142 e. The van der Waals surface area contributed by atoms with Crippen molar-refractivity contribution >= 4 is 6.29 Å². The van der Waals surface area contributed by atoms with Crippen molar-refractivity contribution in [1.82, 2.24) is 0 Å². The van der Waals surface area contributed by atoms with Gasteiger partial charge < -0.3 is 9.84 Å². The lowest BCUT2D eigenvalue weighted by molar-refractivity contribution is -0.104. The van der Waals surface area contributed by atoms with Crippen LogP contribution in [-0.4, -0.2) is 28.7 Å². The lowest BCUT2D eigenvalue weighted by Crippen LogP contribution is -2.46. The molecular weight excluding hydrogens is 372 g/mol. The number of carbonyl (C=O) groups is 1. The normalized spacial score (nSPS) is 32.5. The lowest BCUT2D eigenvalue weighted by atomic mass is 9.63. The van der Waals surface area contributed by atoms with Gasteiger partial charge in [-0.2, -0.15) is 0 Å². The van der Waals surface area contributed by atoms with Crippen molar-refractivity contribution in [2.24, 2.45) is 5.41 Å². The van der Waals surface area contributed by atoms with Crippen molar-refractivity contribution in [3.05, 3.63) is 83.6 Å². The van der Waals surface area contributed by atoms with E-state index in [9.17, 15) is 9.90 Å². The fourth-order valence-corrected chi connectivity index (χ4v) is 4.45. The van der Waals surface area contributed by atoms with E-state index in [0.717, 1.165) is 29.4 Å². The van der Waals surface area contributed by atoms with Crippen LogP contribution in [0.15, 0.2) is 83.6 Å². The summed E-state index contributed by atoms with van der Waals surface area (Å²) in [6.45, 7) is 12.6. The number of aliphatic hydroxyl groups excluding tert-OH is 1. The van der Waals surface area contributed by atoms with Gasteiger partial charge in [-0.1, -0.05) is 85.3 Å². The Labute approximate surface area is 181 Å². The fourth-order valence-electron chi connectivity index (χ4n) is 4.45. The third-order valence-electron chi connectivity index (χ3n) is 6.07. The number of allylic oxidation sites excluding steroid dienone is 13. The monoisotopic (exact) mass is 408 g/mol. The lowest BCUT2D eigenvalue weighted by Gasteiger charge is -2.39. The van der Waals surface area contributed by atoms with Crippen LogP contribution in [0, 0.1) is 5.41 Å². The first kappa shape index (κ1) is 24.0. The number of aliphatic hydroxyl groups is 1. The number of hydrogen-bond acceptors (Lipinski definition) is 3. The van der Waals surface area contributed by atoms with E-state index in [1.54, 1.807) is 6.08 Å². The van der Waals surface area contributed by atoms with Crippen LogP contribution in [0.5, 0.6) is 0 Å². The Morgan fingerprint density at radius 1 is 0.833 bits per heavy atom. The summed E-state index contributed by atoms with van der Waals surface area (Å²) in [6, 6.07) is 0. The molecule has 2 rings (SSSR count). The highest BCUT2D eigenvalue weighted by molar-refractivity contribution is 5.65. The summed E-state index contributed by atoms with van der Waals surface area (Å²) in [6.07, 6.45) is 23.7. The van der Waals surface area contributed by atoms with Crippen LogP contribution in [0.4, 0.5) is 0 Å². The first-order valence-electron chi connectivity index (χ1n) is 10.6. The van der Waals surface area contributed by atoms with E-state index in [1.807, 2.05) is 37.3 Å². The summed E-state index contributed by atoms with van der Waals surface area (Å²) in [5, 5.41) is 10.2. The summed E-state index contributed by atoms with van der Waals surface area (Å²) in [5.41, 5.74) is 2.69. The standard InChI is InChI=1S/C27H36O3/c1-21(11-7-8-12-22(2)15-10-18-28)13-9-14-23(3)16-17-27-25(4,5)19-24(29)20-26(27,6)30-27/h7-18,24,29H,19-20H2,1-6H3/b8-7+,13-9+,15-10+,17-16+,21-11+,22-12+,23-14+. The Morgan fingerprint density at radius 3 is 1.93 bits per heavy atom. The molecule has 1 aliphatic carbocycles. The van der Waals surface area contributed by atoms with Gasteiger partial charge in [-0.15, -0.1) is 0 Å². The molecule has 162 valence electrons. The minimum absolute atomic E-state index is 0.0898. The largest absolute Gasteiger partial charge is 0.393 e. The third kappa shape index (κ3) is 5.68. The van der Waals surface area contributed by atoms with Gasteiger partial charge in [0, 0.05) is 11.8 Å². The van der Waals surface area contributed by atoms with Crippen LogP contribution in [0.1, 0.15) is 54.4 Å². The van der Waals surface area contributed by atoms with Gasteiger partial charge in [0.15, 0.2) is 0 Å². The zero-order valence-electron chi connectivity index (χ0n) is 19.2. The predicted octanol–water partition coefficient (Wildman–Crippen LogP) is 5.96. The zero-order chi connectivity index (χ0) is 22.4. The first-order valence-corrected chi connectivity index (χ1v) is 10.6. The van der Waals surface area contributed by atoms with E-state index in [0.29, 0.717) is 6.42 Å². The molecule has 0 radical (unpaired) electrons. The highest BCUT2D eigenvalue weighted by Gasteiger charge is 2.74. The molecule has 3 atom stereocenters. The number of rotatable bonds is 8. The van der Waals surface area contributed by atoms with Crippen LogP contribution < -0.4 is 0 Å². The van der Waals surface area contributed by atoms with Crippen LogP contribution >= 0.6 is 0 Å². The van der Waals surface area contributed by atoms with Gasteiger partial charge in [0.2, 0.25) is 0 Å². The van der Waals surface area contributed by atoms with Crippen molar-refractivity contribution in [3.8, 4) is 0 Å². The van der Waals surface area contributed by atoms with E-state index in [-0.39, 0.29) is 22.7 Å². The molecule has 2 fully saturated rings. The van der Waals surface area contributed by atoms with Gasteiger partial charge in [-0.25, -0.2) is 0 Å². The van der Waals surface area contributed by atoms with Crippen LogP contribution in [0.3, 0.4) is 0 Å². The Hall–Kier alpha value is -2.23. The molecule has 0 amide bonds. The summed E-state index contributed by atoms with van der Waals surface area (Å²) >= 11 is 0. The molecule has 3 heteroatoms. The molecule has 2 aliphatic rings. The van der Waals surface area contributed by atoms with Gasteiger partial charge >= 0.3 is 0 Å². The molecule has 1 aliphatic heterocycles. The average molecular weight is 409 g/mol. The van der Waals surface area contributed by atoms with E-state index >= 15 is 0 Å². The Morgan fingerprint density at radius 2 is 1.37 bits per heavy atom. The topological polar surface area (TPSA) is 49.8 Å². The molecule has 1 saturated heterocycles. The Bertz CT molecular complexity index is 847. The minimum atomic E-state index is -0.287. The third-order valence-corrected chi connectivity index (χ3v) is 6.07. The van der Waals surface area contributed by atoms with Gasteiger partial charge in [0.1, 0.15) is 17.5 Å². The minimum Gasteiger partial charge on any atom is -0.393 e. The molecule has 0 aromatic heterocycles. The van der Waals surface area contributed by atoms with E-state index in [2.05, 4.69) is 58.9 Å². The molecule has 0 bridgehead atoms. The van der Waals surface area contributed by atoms with Crippen LogP contribution in [-0.2, 0) is 9.53 Å². The average Bonchev–Trinajstić information content (AvgIpc) is 3.27. The number of ether oxygens (including phenoxy) is 1. The Balaban J connectivity index is 1.96. The van der Waals surface area contributed by atoms with Crippen molar-refractivity contribution in [2.45, 2.75) is 71.7 Å². The molecule has 0 aromatic carbocycles. The molecule has 0 aromatic rings. The van der Waals surface area contributed by atoms with E-state index in [1.165, 1.54) is 6.08 Å². The SMILES string of the molecule is CC(/C=C/C=O)=C\C=C\C=C(C)\C=C\C=C(C)\C=C\C12OC1(C)CC(O)CC2(C)C. The summed E-state index contributed by atoms with van der Waals surface area (Å²) in [5.74, 6) is 0. The highest BCUT2D eigenvalue weighted by Crippen LogP contribution is 2.66.